The highest BCUT2D eigenvalue weighted by Crippen LogP contribution is 2.31. The fourth-order valence-electron chi connectivity index (χ4n) is 2.70. The maximum atomic E-state index is 14.2. The lowest BCUT2D eigenvalue weighted by Gasteiger charge is -2.11. The van der Waals surface area contributed by atoms with Crippen molar-refractivity contribution in [2.75, 3.05) is 27.2 Å². The van der Waals surface area contributed by atoms with E-state index in [2.05, 4.69) is 16.9 Å². The van der Waals surface area contributed by atoms with Crippen LogP contribution in [0.15, 0.2) is 12.1 Å². The molecule has 18 heavy (non-hydrogen) atoms. The van der Waals surface area contributed by atoms with Crippen molar-refractivity contribution < 1.29 is 9.13 Å². The minimum Gasteiger partial charge on any atom is -0.497 e. The molecule has 3 rings (SSSR count). The first kappa shape index (κ1) is 11.5. The van der Waals surface area contributed by atoms with Crippen molar-refractivity contribution >= 4 is 10.9 Å². The molecule has 0 unspecified atom stereocenters. The van der Waals surface area contributed by atoms with Gasteiger partial charge >= 0.3 is 0 Å². The topological polar surface area (TPSA) is 28.3 Å². The highest BCUT2D eigenvalue weighted by molar-refractivity contribution is 5.86. The van der Waals surface area contributed by atoms with Crippen LogP contribution >= 0.6 is 0 Å². The Labute approximate surface area is 106 Å². The molecule has 1 N–H and O–H groups in total. The number of ether oxygens (including phenoxy) is 1. The molecule has 0 atom stereocenters. The molecule has 1 aromatic carbocycles. The third-order valence-electron chi connectivity index (χ3n) is 3.74. The summed E-state index contributed by atoms with van der Waals surface area (Å²) in [6, 6.07) is 3.34. The van der Waals surface area contributed by atoms with Crippen LogP contribution in [0.25, 0.3) is 10.9 Å². The summed E-state index contributed by atoms with van der Waals surface area (Å²) in [6.45, 7) is 1.99. The van der Waals surface area contributed by atoms with Gasteiger partial charge in [0, 0.05) is 42.7 Å². The largest absolute Gasteiger partial charge is 0.497 e. The standard InChI is InChI=1S/C14H17FN2O/c1-17-5-3-10-12(4-6-17)16-13-8-9(18-2)7-11(15)14(10)13/h7-8,16H,3-6H2,1-2H3. The number of aromatic amines is 1. The minimum atomic E-state index is -0.189. The summed E-state index contributed by atoms with van der Waals surface area (Å²) in [7, 11) is 3.66. The Morgan fingerprint density at radius 3 is 2.83 bits per heavy atom. The number of rotatable bonds is 1. The van der Waals surface area contributed by atoms with E-state index in [0.717, 1.165) is 42.4 Å². The van der Waals surface area contributed by atoms with E-state index in [1.807, 2.05) is 6.07 Å². The average molecular weight is 248 g/mol. The number of nitrogens with one attached hydrogen (secondary N) is 1. The number of nitrogens with zero attached hydrogens (tertiary/aromatic N) is 1. The summed E-state index contributed by atoms with van der Waals surface area (Å²) in [6.07, 6.45) is 1.84. The molecule has 1 aliphatic rings. The lowest BCUT2D eigenvalue weighted by atomic mass is 10.1. The van der Waals surface area contributed by atoms with Gasteiger partial charge in [-0.25, -0.2) is 4.39 Å². The highest BCUT2D eigenvalue weighted by Gasteiger charge is 2.19. The fourth-order valence-corrected chi connectivity index (χ4v) is 2.70. The normalized spacial score (nSPS) is 16.6. The monoisotopic (exact) mass is 248 g/mol. The molecule has 96 valence electrons. The van der Waals surface area contributed by atoms with E-state index >= 15 is 0 Å². The first-order chi connectivity index (χ1) is 8.69. The smallest absolute Gasteiger partial charge is 0.136 e. The van der Waals surface area contributed by atoms with Crippen LogP contribution in [-0.2, 0) is 12.8 Å². The average Bonchev–Trinajstić information content (AvgIpc) is 2.62. The maximum absolute atomic E-state index is 14.2. The van der Waals surface area contributed by atoms with Crippen molar-refractivity contribution in [1.29, 1.82) is 0 Å². The predicted molar refractivity (Wildman–Crippen MR) is 69.7 cm³/mol. The summed E-state index contributed by atoms with van der Waals surface area (Å²) >= 11 is 0. The third-order valence-corrected chi connectivity index (χ3v) is 3.74. The van der Waals surface area contributed by atoms with Gasteiger partial charge in [-0.05, 0) is 19.0 Å². The first-order valence-electron chi connectivity index (χ1n) is 6.24. The van der Waals surface area contributed by atoms with Gasteiger partial charge in [-0.1, -0.05) is 0 Å². The summed E-state index contributed by atoms with van der Waals surface area (Å²) in [5.74, 6) is 0.375. The molecule has 0 radical (unpaired) electrons. The molecular formula is C14H17FN2O. The number of fused-ring (bicyclic) bond motifs is 3. The second kappa shape index (κ2) is 4.28. The van der Waals surface area contributed by atoms with Crippen molar-refractivity contribution in [3.63, 3.8) is 0 Å². The van der Waals surface area contributed by atoms with E-state index in [-0.39, 0.29) is 5.82 Å². The van der Waals surface area contributed by atoms with E-state index in [9.17, 15) is 4.39 Å². The molecule has 2 heterocycles. The quantitative estimate of drug-likeness (QED) is 0.839. The summed E-state index contributed by atoms with van der Waals surface area (Å²) in [5.41, 5.74) is 3.15. The number of halogens is 1. The number of benzene rings is 1. The van der Waals surface area contributed by atoms with Gasteiger partial charge in [-0.15, -0.1) is 0 Å². The van der Waals surface area contributed by atoms with Crippen LogP contribution in [0.4, 0.5) is 4.39 Å². The summed E-state index contributed by atoms with van der Waals surface area (Å²) in [5, 5.41) is 0.737. The Bertz CT molecular complexity index is 591. The van der Waals surface area contributed by atoms with Crippen molar-refractivity contribution in [3.05, 3.63) is 29.2 Å². The molecular weight excluding hydrogens is 231 g/mol. The maximum Gasteiger partial charge on any atom is 0.136 e. The zero-order valence-corrected chi connectivity index (χ0v) is 10.7. The molecule has 4 heteroatoms. The zero-order valence-electron chi connectivity index (χ0n) is 10.7. The molecule has 0 spiro atoms. The number of methoxy groups -OCH3 is 1. The third kappa shape index (κ3) is 1.77. The molecule has 0 saturated carbocycles. The van der Waals surface area contributed by atoms with Crippen molar-refractivity contribution in [3.8, 4) is 5.75 Å². The lowest BCUT2D eigenvalue weighted by molar-refractivity contribution is 0.352. The van der Waals surface area contributed by atoms with Gasteiger partial charge in [-0.3, -0.25) is 0 Å². The number of likely N-dealkylation sites (N-methyl/N-ethyl adjacent to an activating group) is 1. The predicted octanol–water partition coefficient (Wildman–Crippen LogP) is 2.35. The summed E-state index contributed by atoms with van der Waals surface area (Å²) in [4.78, 5) is 5.62. The van der Waals surface area contributed by atoms with Gasteiger partial charge in [0.05, 0.1) is 12.6 Å². The van der Waals surface area contributed by atoms with Crippen LogP contribution in [0, 0.1) is 5.82 Å². The van der Waals surface area contributed by atoms with E-state index < -0.39 is 0 Å². The SMILES string of the molecule is COc1cc(F)c2c3c([nH]c2c1)CCN(C)CC3. The van der Waals surface area contributed by atoms with Gasteiger partial charge in [-0.2, -0.15) is 0 Å². The van der Waals surface area contributed by atoms with Crippen LogP contribution in [0.5, 0.6) is 5.75 Å². The number of aromatic nitrogens is 1. The van der Waals surface area contributed by atoms with E-state index in [4.69, 9.17) is 4.74 Å². The molecule has 3 nitrogen and oxygen atoms in total. The number of hydrogen-bond acceptors (Lipinski definition) is 2. The van der Waals surface area contributed by atoms with Crippen LogP contribution in [0.1, 0.15) is 11.3 Å². The molecule has 2 aromatic rings. The Kier molecular flexibility index (Phi) is 2.74. The van der Waals surface area contributed by atoms with Gasteiger partial charge in [0.15, 0.2) is 0 Å². The first-order valence-corrected chi connectivity index (χ1v) is 6.24. The minimum absolute atomic E-state index is 0.189. The van der Waals surface area contributed by atoms with Crippen LogP contribution in [0.3, 0.4) is 0 Å². The molecule has 0 saturated heterocycles. The van der Waals surface area contributed by atoms with E-state index in [1.54, 1.807) is 7.11 Å². The zero-order chi connectivity index (χ0) is 12.7. The highest BCUT2D eigenvalue weighted by atomic mass is 19.1. The van der Waals surface area contributed by atoms with Crippen molar-refractivity contribution in [2.24, 2.45) is 0 Å². The second-order valence-corrected chi connectivity index (χ2v) is 4.92. The van der Waals surface area contributed by atoms with Gasteiger partial charge in [0.25, 0.3) is 0 Å². The molecule has 0 bridgehead atoms. The van der Waals surface area contributed by atoms with Crippen molar-refractivity contribution in [1.82, 2.24) is 9.88 Å². The number of hydrogen-bond donors (Lipinski definition) is 1. The van der Waals surface area contributed by atoms with Crippen LogP contribution in [-0.4, -0.2) is 37.1 Å². The molecule has 1 aromatic heterocycles. The van der Waals surface area contributed by atoms with E-state index in [0.29, 0.717) is 5.75 Å². The second-order valence-electron chi connectivity index (χ2n) is 4.92. The Morgan fingerprint density at radius 1 is 1.28 bits per heavy atom. The molecule has 0 amide bonds. The van der Waals surface area contributed by atoms with Gasteiger partial charge in [0.2, 0.25) is 0 Å². The lowest BCUT2D eigenvalue weighted by Crippen LogP contribution is -2.21. The Morgan fingerprint density at radius 2 is 2.06 bits per heavy atom. The van der Waals surface area contributed by atoms with Crippen molar-refractivity contribution in [2.45, 2.75) is 12.8 Å². The summed E-state index contributed by atoms with van der Waals surface area (Å²) < 4.78 is 19.3. The molecule has 0 aliphatic carbocycles. The van der Waals surface area contributed by atoms with E-state index in [1.165, 1.54) is 11.8 Å². The molecule has 0 fully saturated rings. The molecule has 1 aliphatic heterocycles. The Balaban J connectivity index is 2.17. The van der Waals surface area contributed by atoms with Crippen LogP contribution < -0.4 is 4.74 Å². The van der Waals surface area contributed by atoms with Gasteiger partial charge in [0.1, 0.15) is 11.6 Å². The van der Waals surface area contributed by atoms with Gasteiger partial charge < -0.3 is 14.6 Å². The Hall–Kier alpha value is -1.55. The van der Waals surface area contributed by atoms with Crippen LogP contribution in [0.2, 0.25) is 0 Å². The number of H-pyrrole nitrogens is 1. The fraction of sp³-hybridized carbons (Fsp3) is 0.429.